The number of esters is 1. The Hall–Kier alpha value is -11.5. The highest BCUT2D eigenvalue weighted by molar-refractivity contribution is 6.39. The van der Waals surface area contributed by atoms with Gasteiger partial charge in [0, 0.05) is 164 Å². The number of Topliss-reactive ketones (excluding diaryl/α,β-unsaturated/α-hetero) is 3. The molecule has 6 aromatic heterocycles. The highest BCUT2D eigenvalue weighted by Crippen LogP contribution is 2.39. The molecule has 4 amide bonds. The van der Waals surface area contributed by atoms with Crippen molar-refractivity contribution in [3.8, 4) is 11.3 Å². The van der Waals surface area contributed by atoms with Crippen molar-refractivity contribution in [3.63, 3.8) is 0 Å². The molecule has 1 aliphatic carbocycles. The molecule has 7 aromatic rings. The lowest BCUT2D eigenvalue weighted by atomic mass is 9.80. The van der Waals surface area contributed by atoms with Gasteiger partial charge in [0.25, 0.3) is 17.6 Å². The van der Waals surface area contributed by atoms with Gasteiger partial charge in [0.05, 0.1) is 88.7 Å². The molecule has 0 unspecified atom stereocenters. The first-order valence-electron chi connectivity index (χ1n) is 47.2. The summed E-state index contributed by atoms with van der Waals surface area (Å²) in [4.78, 5) is 153. The minimum Gasteiger partial charge on any atom is -0.459 e. The molecule has 13 rings (SSSR count). The zero-order chi connectivity index (χ0) is 96.7. The number of cyclic esters (lactones) is 1. The zero-order valence-corrected chi connectivity index (χ0v) is 78.9. The second kappa shape index (κ2) is 48.5. The monoisotopic (exact) mass is 1880 g/mol. The number of aromatic amines is 1. The summed E-state index contributed by atoms with van der Waals surface area (Å²) in [7, 11) is 3.05. The number of anilines is 4. The average Bonchev–Trinajstić information content (AvgIpc) is 1.59. The molecule has 734 valence electrons. The number of piperidine rings is 1. The van der Waals surface area contributed by atoms with Gasteiger partial charge in [-0.3, -0.25) is 28.8 Å². The first-order valence-corrected chi connectivity index (χ1v) is 47.2. The fourth-order valence-electron chi connectivity index (χ4n) is 18.5. The Bertz CT molecular complexity index is 5390. The van der Waals surface area contributed by atoms with Gasteiger partial charge in [-0.1, -0.05) is 82.4 Å². The topological polar surface area (TPSA) is 519 Å². The van der Waals surface area contributed by atoms with E-state index in [2.05, 4.69) is 72.4 Å². The number of nitrogens with zero attached hydrogens (tertiary/aromatic N) is 13. The molecule has 39 heteroatoms. The number of benzene rings is 1. The Kier molecular flexibility index (Phi) is 36.3. The molecule has 4 fully saturated rings. The molecule has 136 heavy (non-hydrogen) atoms. The molecular weight excluding hydrogens is 1750 g/mol. The Balaban J connectivity index is 0.474. The Morgan fingerprint density at radius 3 is 2.12 bits per heavy atom. The first-order chi connectivity index (χ1) is 65.5. The average molecular weight is 1880 g/mol. The number of carbonyl (C=O) groups is 8. The first kappa shape index (κ1) is 102. The van der Waals surface area contributed by atoms with E-state index >= 15 is 0 Å². The van der Waals surface area contributed by atoms with Crippen LogP contribution in [0.5, 0.6) is 0 Å². The van der Waals surface area contributed by atoms with Crippen LogP contribution < -0.4 is 37.6 Å². The van der Waals surface area contributed by atoms with Gasteiger partial charge < -0.3 is 110 Å². The molecule has 1 aromatic carbocycles. The van der Waals surface area contributed by atoms with Gasteiger partial charge >= 0.3 is 12.1 Å². The van der Waals surface area contributed by atoms with Crippen molar-refractivity contribution in [2.75, 3.05) is 134 Å². The van der Waals surface area contributed by atoms with Crippen LogP contribution in [0, 0.1) is 29.6 Å². The van der Waals surface area contributed by atoms with Gasteiger partial charge in [0.1, 0.15) is 65.5 Å². The van der Waals surface area contributed by atoms with Crippen molar-refractivity contribution < 1.29 is 96.3 Å². The third-order valence-electron chi connectivity index (χ3n) is 26.5. The number of ether oxygens (including phenoxy) is 9. The number of amides is 4. The molecule has 6 aliphatic rings. The maximum Gasteiger partial charge on any atom is 0.407 e. The molecule has 11 heterocycles. The fourth-order valence-corrected chi connectivity index (χ4v) is 18.5. The van der Waals surface area contributed by atoms with Crippen LogP contribution in [0.1, 0.15) is 158 Å². The van der Waals surface area contributed by atoms with E-state index in [-0.39, 0.29) is 108 Å². The van der Waals surface area contributed by atoms with Gasteiger partial charge in [-0.05, 0) is 136 Å². The number of methoxy groups -OCH3 is 2. The molecular formula is C97H131N19O20. The number of nitrogens with two attached hydrogens (primary N) is 3. The van der Waals surface area contributed by atoms with E-state index in [0.717, 1.165) is 43.7 Å². The maximum atomic E-state index is 14.7. The van der Waals surface area contributed by atoms with Crippen LogP contribution in [0.4, 0.5) is 28.3 Å². The highest BCUT2D eigenvalue weighted by atomic mass is 16.6. The molecule has 5 aliphatic heterocycles. The second-order valence-electron chi connectivity index (χ2n) is 36.4. The van der Waals surface area contributed by atoms with Crippen LogP contribution in [0.25, 0.3) is 33.3 Å². The number of aliphatic hydroxyl groups excluding tert-OH is 2. The van der Waals surface area contributed by atoms with E-state index in [9.17, 15) is 53.7 Å². The quantitative estimate of drug-likeness (QED) is 0.0102. The van der Waals surface area contributed by atoms with E-state index in [4.69, 9.17) is 64.9 Å². The fraction of sp³-hybridized carbons (Fsp3) is 0.567. The number of fused-ring (bicyclic) bond motifs is 6. The number of hydrogen-bond acceptors (Lipinski definition) is 33. The Morgan fingerprint density at radius 2 is 1.40 bits per heavy atom. The largest absolute Gasteiger partial charge is 0.459 e. The van der Waals surface area contributed by atoms with Crippen LogP contribution in [0.2, 0.25) is 0 Å². The van der Waals surface area contributed by atoms with Crippen LogP contribution in [0.3, 0.4) is 0 Å². The van der Waals surface area contributed by atoms with E-state index in [1.165, 1.54) is 26.4 Å². The Labute approximate surface area is 790 Å². The SMILES string of the molecule is CO[C@H]1C[C@@H]2CC[C@@H](C)[C@@](O)(O2)C(=O)C(=O)N2CCCC[C@H]2C(=O)O[C@H]([C@H](N)C[C@@H]2CC[C@@H](OC(=O)NCCOCCOCCOCCOCCC(=O)NCc3cnc(N4CCN(c5ncc(C(=O)N6CCc7cc(Cn8nc(-c9cnc%10[nH]c(N)cc%10c9)c9c(N)ncnc98)ccc7C6)cn5)CC4)nc3)[C@H](OC)C2)CC(=O)[C@H](C)/C=C(\C)[C@@H](O)[C@@H](O)C(=O)[C@H](C)C[C@H](C)/C=C/C=CC=C1C. The number of ketones is 3. The molecule has 39 nitrogen and oxygen atoms in total. The van der Waals surface area contributed by atoms with Crippen LogP contribution >= 0.6 is 0 Å². The predicted molar refractivity (Wildman–Crippen MR) is 503 cm³/mol. The molecule has 12 N–H and O–H groups in total. The van der Waals surface area contributed by atoms with Crippen molar-refractivity contribution in [1.29, 1.82) is 0 Å². The molecule has 0 radical (unpaired) electrons. The van der Waals surface area contributed by atoms with Crippen LogP contribution in [-0.4, -0.2) is 295 Å². The molecule has 0 spiro atoms. The van der Waals surface area contributed by atoms with Gasteiger partial charge in [-0.2, -0.15) is 5.10 Å². The lowest BCUT2D eigenvalue weighted by molar-refractivity contribution is -0.265. The van der Waals surface area contributed by atoms with Crippen molar-refractivity contribution >= 4 is 92.7 Å². The number of hydrogen-bond donors (Lipinski definition) is 9. The molecule has 2 bridgehead atoms. The van der Waals surface area contributed by atoms with Crippen molar-refractivity contribution in [2.24, 2.45) is 35.3 Å². The van der Waals surface area contributed by atoms with Gasteiger partial charge in [-0.25, -0.2) is 49.2 Å². The summed E-state index contributed by atoms with van der Waals surface area (Å²) < 4.78 is 54.4. The number of H-pyrrole nitrogens is 1. The molecule has 15 atom stereocenters. The number of alkyl carbamates (subject to hydrolysis) is 1. The van der Waals surface area contributed by atoms with Crippen LogP contribution in [-0.2, 0) is 97.5 Å². The summed E-state index contributed by atoms with van der Waals surface area (Å²) in [6, 6.07) is 7.79. The minimum atomic E-state index is -2.52. The van der Waals surface area contributed by atoms with Crippen molar-refractivity contribution in [3.05, 3.63) is 143 Å². The number of rotatable bonds is 29. The normalized spacial score (nSPS) is 26.0. The highest BCUT2D eigenvalue weighted by Gasteiger charge is 2.53. The summed E-state index contributed by atoms with van der Waals surface area (Å²) in [5.74, 6) is -7.76. The number of pyridine rings is 1. The lowest BCUT2D eigenvalue weighted by Gasteiger charge is -2.42. The number of aromatic nitrogens is 10. The minimum absolute atomic E-state index is 0.00786. The standard InChI is InChI=1S/C97H131N19O20/c1-58-14-10-9-11-15-59(2)77(128-7)47-72-21-17-63(6)97(127,136-72)87(122)92(124)115-26-13-12-16-74(115)93(125)134-78(48-75(117)60(3)41-62(5)85(120)86(121)84(119)61(4)40-58)73(98)43-64-19-22-76(79(44-64)129-8)135-96(126)101-25-33-131-35-37-133-39-38-132-36-34-130-32-24-81(118)102-49-66-50-104-94(105-51-66)112-28-30-113(31-29-112)95-106-53-71(54-107-95)91(123)114-27-23-67-42-65(18-20-68(67)56-114)55-116-90-82(88(100)108-57-109-90)83(111-116)70-45-69-46-80(99)110-89(69)103-52-70/h9-11,14-15,18,20,41-42,45-46,50-54,57-58,60-61,63-64,72-74,76-79,85-86,120-121,127H,12-13,16-17,19,21-40,43-44,47-49,55-56,98-99H2,1-8H3,(H,101,126)(H,102,118)(H,103,110)(H2,100,108,109)/b11-9?,14-10+,59-15?,62-41+/t58-,60-,61-,63-,64+,72+,73-,74+,76-,77+,78+,79-,85-,86+,97-/m1/s1. The third-order valence-corrected chi connectivity index (χ3v) is 26.5. The number of nitrogen functional groups attached to an aromatic ring is 2. The molecule has 3 saturated heterocycles. The smallest absolute Gasteiger partial charge is 0.407 e. The van der Waals surface area contributed by atoms with E-state index in [0.29, 0.717) is 175 Å². The summed E-state index contributed by atoms with van der Waals surface area (Å²) in [6.45, 7) is 16.6. The summed E-state index contributed by atoms with van der Waals surface area (Å²) in [5.41, 5.74) is 27.5. The third kappa shape index (κ3) is 26.6. The number of allylic oxidation sites excluding steroid dienone is 6. The summed E-state index contributed by atoms with van der Waals surface area (Å²) in [6.07, 6.45) is 17.2. The lowest BCUT2D eigenvalue weighted by Crippen LogP contribution is -2.61. The number of piperazine rings is 1. The molecule has 1 saturated carbocycles. The number of carbonyl (C=O) groups excluding carboxylic acids is 8. The number of nitrogens with one attached hydrogen (secondary N) is 3. The van der Waals surface area contributed by atoms with Crippen molar-refractivity contribution in [1.82, 2.24) is 70.1 Å². The van der Waals surface area contributed by atoms with Crippen LogP contribution in [0.15, 0.2) is 115 Å². The van der Waals surface area contributed by atoms with Gasteiger partial charge in [0.2, 0.25) is 23.6 Å². The van der Waals surface area contributed by atoms with E-state index in [1.807, 2.05) is 72.0 Å². The van der Waals surface area contributed by atoms with Gasteiger partial charge in [0.15, 0.2) is 11.4 Å². The summed E-state index contributed by atoms with van der Waals surface area (Å²) >= 11 is 0. The van der Waals surface area contributed by atoms with Crippen molar-refractivity contribution in [2.45, 2.75) is 212 Å². The number of aliphatic hydroxyl groups is 3. The second-order valence-corrected chi connectivity index (χ2v) is 36.4. The van der Waals surface area contributed by atoms with E-state index < -0.39 is 120 Å². The van der Waals surface area contributed by atoms with Gasteiger partial charge in [-0.15, -0.1) is 0 Å². The summed E-state index contributed by atoms with van der Waals surface area (Å²) in [5, 5.41) is 46.7. The predicted octanol–water partition coefficient (Wildman–Crippen LogP) is 6.73. The Morgan fingerprint density at radius 1 is 0.699 bits per heavy atom. The zero-order valence-electron chi connectivity index (χ0n) is 78.9. The maximum absolute atomic E-state index is 14.7. The van der Waals surface area contributed by atoms with E-state index in [1.54, 1.807) is 58.9 Å².